The van der Waals surface area contributed by atoms with Crippen molar-refractivity contribution in [2.45, 2.75) is 154 Å². The molecule has 0 rings (SSSR count). The van der Waals surface area contributed by atoms with Crippen molar-refractivity contribution in [1.82, 2.24) is 0 Å². The molecule has 0 radical (unpaired) electrons. The molecular weight excluding hydrogens is 642 g/mol. The van der Waals surface area contributed by atoms with Gasteiger partial charge in [0.25, 0.3) is 0 Å². The molecule has 2 atom stereocenters. The third-order valence-electron chi connectivity index (χ3n) is 8.39. The van der Waals surface area contributed by atoms with Crippen LogP contribution in [0.3, 0.4) is 0 Å². The highest BCUT2D eigenvalue weighted by molar-refractivity contribution is 5.70. The minimum Gasteiger partial charge on any atom is -0.544 e. The number of carboxylic acid groups (broad SMARTS) is 1. The summed E-state index contributed by atoms with van der Waals surface area (Å²) in [5.41, 5.74) is 0. The Bertz CT molecular complexity index is 1020. The van der Waals surface area contributed by atoms with Crippen molar-refractivity contribution >= 4 is 17.9 Å². The van der Waals surface area contributed by atoms with Crippen LogP contribution in [0, 0.1) is 0 Å². The number of ether oxygens (including phenoxy) is 3. The fraction of sp³-hybridized carbons (Fsp3) is 0.698. The Kier molecular flexibility index (Phi) is 32.1. The van der Waals surface area contributed by atoms with Crippen molar-refractivity contribution in [3.05, 3.63) is 60.8 Å². The lowest BCUT2D eigenvalue weighted by molar-refractivity contribution is -0.889. The SMILES string of the molecule is CC/C=C/C/C=C/C/C=C/C/C=C/CCCCCC(=O)OCC(COCCC(C(=O)[O-])[N+](C)(C)C)OC(=O)CCCCCCC/C=C/CCCC. The topological polar surface area (TPSA) is 102 Å². The highest BCUT2D eigenvalue weighted by atomic mass is 16.6. The number of quaternary nitrogens is 1. The summed E-state index contributed by atoms with van der Waals surface area (Å²) < 4.78 is 17.0. The number of carbonyl (C=O) groups is 3. The summed E-state index contributed by atoms with van der Waals surface area (Å²) in [4.78, 5) is 36.7. The molecule has 0 heterocycles. The molecule has 0 bridgehead atoms. The van der Waals surface area contributed by atoms with Crippen LogP contribution in [-0.4, -0.2) is 75.5 Å². The lowest BCUT2D eigenvalue weighted by Crippen LogP contribution is -2.55. The van der Waals surface area contributed by atoms with Crippen molar-refractivity contribution in [2.24, 2.45) is 0 Å². The molecule has 0 aliphatic heterocycles. The van der Waals surface area contributed by atoms with Crippen LogP contribution >= 0.6 is 0 Å². The van der Waals surface area contributed by atoms with Gasteiger partial charge in [-0.3, -0.25) is 9.59 Å². The molecule has 8 nitrogen and oxygen atoms in total. The van der Waals surface area contributed by atoms with Gasteiger partial charge in [-0.2, -0.15) is 0 Å². The molecule has 2 unspecified atom stereocenters. The van der Waals surface area contributed by atoms with Crippen LogP contribution in [-0.2, 0) is 28.6 Å². The minimum absolute atomic E-state index is 0.0244. The zero-order valence-corrected chi connectivity index (χ0v) is 33.0. The third kappa shape index (κ3) is 32.7. The predicted molar refractivity (Wildman–Crippen MR) is 208 cm³/mol. The Balaban J connectivity index is 4.47. The number of carbonyl (C=O) groups excluding carboxylic acids is 3. The molecule has 0 amide bonds. The van der Waals surface area contributed by atoms with Gasteiger partial charge in [0.15, 0.2) is 6.10 Å². The molecule has 0 aliphatic carbocycles. The highest BCUT2D eigenvalue weighted by Gasteiger charge is 2.25. The number of esters is 2. The van der Waals surface area contributed by atoms with Crippen LogP contribution in [0.15, 0.2) is 60.8 Å². The van der Waals surface area contributed by atoms with Gasteiger partial charge >= 0.3 is 11.9 Å². The van der Waals surface area contributed by atoms with E-state index in [1.54, 1.807) is 21.1 Å². The number of unbranched alkanes of at least 4 members (excludes halogenated alkanes) is 10. The first kappa shape index (κ1) is 48.0. The van der Waals surface area contributed by atoms with E-state index in [0.717, 1.165) is 96.3 Å². The summed E-state index contributed by atoms with van der Waals surface area (Å²) in [7, 11) is 5.38. The number of aliphatic carboxylic acids is 1. The second kappa shape index (κ2) is 34.1. The Morgan fingerprint density at radius 1 is 0.608 bits per heavy atom. The molecule has 8 heteroatoms. The zero-order chi connectivity index (χ0) is 37.8. The molecule has 0 aromatic heterocycles. The van der Waals surface area contributed by atoms with E-state index >= 15 is 0 Å². The van der Waals surface area contributed by atoms with Gasteiger partial charge in [0, 0.05) is 19.3 Å². The van der Waals surface area contributed by atoms with Gasteiger partial charge in [0.2, 0.25) is 0 Å². The lowest BCUT2D eigenvalue weighted by Gasteiger charge is -2.34. The first-order valence-electron chi connectivity index (χ1n) is 19.8. The van der Waals surface area contributed by atoms with Crippen molar-refractivity contribution < 1.29 is 38.2 Å². The number of nitrogens with zero attached hydrogens (tertiary/aromatic N) is 1. The number of allylic oxidation sites excluding steroid dienone is 10. The Morgan fingerprint density at radius 2 is 1.10 bits per heavy atom. The smallest absolute Gasteiger partial charge is 0.306 e. The van der Waals surface area contributed by atoms with Gasteiger partial charge in [-0.25, -0.2) is 0 Å². The van der Waals surface area contributed by atoms with Crippen LogP contribution in [0.4, 0.5) is 0 Å². The molecule has 0 spiro atoms. The van der Waals surface area contributed by atoms with Gasteiger partial charge in [-0.15, -0.1) is 0 Å². The first-order chi connectivity index (χ1) is 24.6. The van der Waals surface area contributed by atoms with E-state index in [4.69, 9.17) is 14.2 Å². The van der Waals surface area contributed by atoms with E-state index in [-0.39, 0.29) is 42.7 Å². The second-order valence-corrected chi connectivity index (χ2v) is 14.1. The summed E-state index contributed by atoms with van der Waals surface area (Å²) >= 11 is 0. The van der Waals surface area contributed by atoms with Crippen LogP contribution in [0.25, 0.3) is 0 Å². The monoisotopic (exact) mass is 716 g/mol. The second-order valence-electron chi connectivity index (χ2n) is 14.1. The molecule has 0 saturated heterocycles. The highest BCUT2D eigenvalue weighted by Crippen LogP contribution is 2.12. The zero-order valence-electron chi connectivity index (χ0n) is 33.0. The summed E-state index contributed by atoms with van der Waals surface area (Å²) in [6.45, 7) is 4.44. The predicted octanol–water partition coefficient (Wildman–Crippen LogP) is 8.91. The van der Waals surface area contributed by atoms with E-state index in [1.807, 2.05) is 0 Å². The molecule has 0 aliphatic rings. The molecule has 292 valence electrons. The number of hydrogen-bond acceptors (Lipinski definition) is 7. The fourth-order valence-electron chi connectivity index (χ4n) is 5.28. The Morgan fingerprint density at radius 3 is 1.67 bits per heavy atom. The Labute approximate surface area is 311 Å². The van der Waals surface area contributed by atoms with E-state index in [9.17, 15) is 19.5 Å². The van der Waals surface area contributed by atoms with Gasteiger partial charge in [-0.05, 0) is 70.6 Å². The van der Waals surface area contributed by atoms with E-state index in [2.05, 4.69) is 74.6 Å². The maximum Gasteiger partial charge on any atom is 0.306 e. The molecule has 0 saturated carbocycles. The summed E-state index contributed by atoms with van der Waals surface area (Å²) in [5, 5.41) is 11.6. The summed E-state index contributed by atoms with van der Waals surface area (Å²) in [5.74, 6) is -1.80. The number of likely N-dealkylation sites (N-methyl/N-ethyl adjacent to an activating group) is 1. The first-order valence-corrected chi connectivity index (χ1v) is 19.8. The molecule has 0 N–H and O–H groups in total. The fourth-order valence-corrected chi connectivity index (χ4v) is 5.28. The largest absolute Gasteiger partial charge is 0.544 e. The Hall–Kier alpha value is -2.97. The number of rotatable bonds is 34. The maximum absolute atomic E-state index is 12.6. The van der Waals surface area contributed by atoms with Crippen molar-refractivity contribution in [2.75, 3.05) is 41.0 Å². The molecule has 0 aromatic carbocycles. The average Bonchev–Trinajstić information content (AvgIpc) is 3.08. The van der Waals surface area contributed by atoms with Gasteiger partial charge < -0.3 is 28.6 Å². The van der Waals surface area contributed by atoms with E-state index in [0.29, 0.717) is 12.8 Å². The van der Waals surface area contributed by atoms with Crippen LogP contribution < -0.4 is 5.11 Å². The summed E-state index contributed by atoms with van der Waals surface area (Å²) in [6, 6.07) is -0.733. The third-order valence-corrected chi connectivity index (χ3v) is 8.39. The number of carboxylic acids is 1. The minimum atomic E-state index is -1.13. The van der Waals surface area contributed by atoms with E-state index < -0.39 is 18.1 Å². The lowest BCUT2D eigenvalue weighted by atomic mass is 10.1. The van der Waals surface area contributed by atoms with Crippen molar-refractivity contribution in [3.8, 4) is 0 Å². The maximum atomic E-state index is 12.6. The van der Waals surface area contributed by atoms with Crippen LogP contribution in [0.2, 0.25) is 0 Å². The van der Waals surface area contributed by atoms with Crippen molar-refractivity contribution in [3.63, 3.8) is 0 Å². The standard InChI is InChI=1S/C43H73NO7/c1-6-8-10-12-14-16-18-19-20-21-22-24-25-27-29-31-33-41(45)50-38-39(37-49-36-35-40(43(47)48)44(3,4)5)51-42(46)34-32-30-28-26-23-17-15-13-11-9-7-2/h8,10,13-16,19-20,22,24,39-40H,6-7,9,11-12,17-18,21,23,25-38H2,1-5H3/b10-8+,15-13+,16-14+,20-19+,24-22+. The summed E-state index contributed by atoms with van der Waals surface area (Å²) in [6.07, 6.45) is 39.6. The van der Waals surface area contributed by atoms with Crippen LogP contribution in [0.1, 0.15) is 142 Å². The average molecular weight is 716 g/mol. The van der Waals surface area contributed by atoms with Gasteiger partial charge in [0.05, 0.1) is 40.3 Å². The molecule has 51 heavy (non-hydrogen) atoms. The molecule has 0 fully saturated rings. The van der Waals surface area contributed by atoms with Gasteiger partial charge in [-0.1, -0.05) is 113 Å². The van der Waals surface area contributed by atoms with Crippen LogP contribution in [0.5, 0.6) is 0 Å². The normalized spacial score (nSPS) is 13.7. The van der Waals surface area contributed by atoms with Gasteiger partial charge in [0.1, 0.15) is 12.6 Å². The van der Waals surface area contributed by atoms with Crippen molar-refractivity contribution in [1.29, 1.82) is 0 Å². The molecule has 0 aromatic rings. The number of hydrogen-bond donors (Lipinski definition) is 0. The molecular formula is C43H73NO7. The quantitative estimate of drug-likeness (QED) is 0.0284. The van der Waals surface area contributed by atoms with E-state index in [1.165, 1.54) is 12.8 Å².